The number of hydrogen-bond acceptors (Lipinski definition) is 1. The number of benzene rings is 2. The molecule has 20 heavy (non-hydrogen) atoms. The summed E-state index contributed by atoms with van der Waals surface area (Å²) < 4.78 is 26.9. The minimum absolute atomic E-state index is 0.00433. The van der Waals surface area contributed by atoms with Crippen molar-refractivity contribution in [3.8, 4) is 0 Å². The first-order valence-electron chi connectivity index (χ1n) is 6.73. The van der Waals surface area contributed by atoms with Gasteiger partial charge in [-0.05, 0) is 37.5 Å². The molecule has 0 bridgehead atoms. The minimum atomic E-state index is -0.747. The summed E-state index contributed by atoms with van der Waals surface area (Å²) in [4.78, 5) is 0. The second kappa shape index (κ2) is 6.62. The molecule has 0 radical (unpaired) electrons. The van der Waals surface area contributed by atoms with Crippen molar-refractivity contribution in [2.75, 3.05) is 0 Å². The number of aliphatic hydroxyl groups is 1. The van der Waals surface area contributed by atoms with Crippen LogP contribution in [0.3, 0.4) is 0 Å². The fourth-order valence-electron chi connectivity index (χ4n) is 2.15. The van der Waals surface area contributed by atoms with Crippen LogP contribution in [-0.4, -0.2) is 11.2 Å². The highest BCUT2D eigenvalue weighted by Crippen LogP contribution is 2.16. The molecule has 3 heteroatoms. The van der Waals surface area contributed by atoms with Crippen LogP contribution in [0.25, 0.3) is 0 Å². The first kappa shape index (κ1) is 14.7. The first-order chi connectivity index (χ1) is 9.56. The third-order valence-corrected chi connectivity index (χ3v) is 3.39. The fourth-order valence-corrected chi connectivity index (χ4v) is 2.15. The molecule has 1 nitrogen and oxygen atoms in total. The molecule has 0 aliphatic rings. The van der Waals surface area contributed by atoms with Gasteiger partial charge in [0.05, 0.1) is 6.10 Å². The first-order valence-corrected chi connectivity index (χ1v) is 6.73. The highest BCUT2D eigenvalue weighted by Gasteiger charge is 2.13. The molecule has 0 saturated heterocycles. The van der Waals surface area contributed by atoms with Crippen molar-refractivity contribution in [2.24, 2.45) is 0 Å². The van der Waals surface area contributed by atoms with E-state index in [0.717, 1.165) is 5.56 Å². The van der Waals surface area contributed by atoms with Crippen LogP contribution in [-0.2, 0) is 12.8 Å². The highest BCUT2D eigenvalue weighted by atomic mass is 19.1. The van der Waals surface area contributed by atoms with Crippen LogP contribution in [0.15, 0.2) is 42.5 Å². The lowest BCUT2D eigenvalue weighted by molar-refractivity contribution is 0.162. The average molecular weight is 276 g/mol. The topological polar surface area (TPSA) is 20.2 Å². The summed E-state index contributed by atoms with van der Waals surface area (Å²) in [5.74, 6) is -1.20. The Bertz CT molecular complexity index is 543. The van der Waals surface area contributed by atoms with Gasteiger partial charge >= 0.3 is 0 Å². The molecule has 106 valence electrons. The Labute approximate surface area is 117 Å². The van der Waals surface area contributed by atoms with Crippen LogP contribution in [0, 0.1) is 18.6 Å². The normalized spacial score (nSPS) is 12.4. The molecule has 2 rings (SSSR count). The van der Waals surface area contributed by atoms with Gasteiger partial charge in [-0.3, -0.25) is 0 Å². The third-order valence-electron chi connectivity index (χ3n) is 3.39. The van der Waals surface area contributed by atoms with E-state index in [2.05, 4.69) is 0 Å². The summed E-state index contributed by atoms with van der Waals surface area (Å²) in [7, 11) is 0. The minimum Gasteiger partial charge on any atom is -0.393 e. The molecular formula is C17H18F2O. The van der Waals surface area contributed by atoms with Crippen molar-refractivity contribution < 1.29 is 13.9 Å². The molecule has 1 atom stereocenters. The summed E-state index contributed by atoms with van der Waals surface area (Å²) in [6.45, 7) is 2.01. The van der Waals surface area contributed by atoms with Crippen molar-refractivity contribution in [3.05, 3.63) is 70.8 Å². The van der Waals surface area contributed by atoms with Crippen molar-refractivity contribution in [1.29, 1.82) is 0 Å². The Morgan fingerprint density at radius 2 is 1.60 bits per heavy atom. The molecule has 0 spiro atoms. The van der Waals surface area contributed by atoms with Gasteiger partial charge in [-0.15, -0.1) is 0 Å². The second-order valence-electron chi connectivity index (χ2n) is 5.08. The number of rotatable bonds is 5. The number of hydrogen-bond donors (Lipinski definition) is 1. The summed E-state index contributed by atoms with van der Waals surface area (Å²) >= 11 is 0. The molecule has 0 aromatic heterocycles. The number of halogens is 2. The lowest BCUT2D eigenvalue weighted by Crippen LogP contribution is -2.14. The predicted octanol–water partition coefficient (Wildman–Crippen LogP) is 3.81. The van der Waals surface area contributed by atoms with Crippen molar-refractivity contribution in [1.82, 2.24) is 0 Å². The Morgan fingerprint density at radius 3 is 2.20 bits per heavy atom. The van der Waals surface area contributed by atoms with Crippen LogP contribution < -0.4 is 0 Å². The van der Waals surface area contributed by atoms with E-state index in [1.54, 1.807) is 0 Å². The average Bonchev–Trinajstić information content (AvgIpc) is 2.42. The van der Waals surface area contributed by atoms with E-state index in [1.807, 2.05) is 31.2 Å². The van der Waals surface area contributed by atoms with Crippen molar-refractivity contribution in [2.45, 2.75) is 32.3 Å². The summed E-state index contributed by atoms with van der Waals surface area (Å²) in [6, 6.07) is 11.8. The van der Waals surface area contributed by atoms with Crippen LogP contribution in [0.1, 0.15) is 23.1 Å². The van der Waals surface area contributed by atoms with Gasteiger partial charge in [-0.1, -0.05) is 35.9 Å². The highest BCUT2D eigenvalue weighted by molar-refractivity contribution is 5.22. The number of aryl methyl sites for hydroxylation is 2. The maximum Gasteiger partial charge on any atom is 0.129 e. The molecule has 0 aliphatic carbocycles. The van der Waals surface area contributed by atoms with E-state index in [0.29, 0.717) is 12.8 Å². The van der Waals surface area contributed by atoms with Crippen LogP contribution >= 0.6 is 0 Å². The molecule has 0 aliphatic heterocycles. The van der Waals surface area contributed by atoms with Gasteiger partial charge in [0.1, 0.15) is 11.6 Å². The Balaban J connectivity index is 1.92. The zero-order chi connectivity index (χ0) is 14.5. The van der Waals surface area contributed by atoms with Crippen molar-refractivity contribution in [3.63, 3.8) is 0 Å². The Morgan fingerprint density at radius 1 is 1.00 bits per heavy atom. The maximum absolute atomic E-state index is 13.5. The molecule has 2 aromatic rings. The predicted molar refractivity (Wildman–Crippen MR) is 75.6 cm³/mol. The zero-order valence-corrected chi connectivity index (χ0v) is 11.4. The molecule has 0 amide bonds. The van der Waals surface area contributed by atoms with E-state index >= 15 is 0 Å². The molecule has 0 heterocycles. The lowest BCUT2D eigenvalue weighted by atomic mass is 10.00. The van der Waals surface area contributed by atoms with Crippen LogP contribution in [0.4, 0.5) is 8.78 Å². The summed E-state index contributed by atoms with van der Waals surface area (Å²) in [6.07, 6.45) is 0.432. The SMILES string of the molecule is Cc1ccc(CCC(O)Cc2c(F)cccc2F)cc1. The van der Waals surface area contributed by atoms with Gasteiger partial charge in [0.2, 0.25) is 0 Å². The largest absolute Gasteiger partial charge is 0.393 e. The van der Waals surface area contributed by atoms with Gasteiger partial charge in [-0.2, -0.15) is 0 Å². The third kappa shape index (κ3) is 3.87. The lowest BCUT2D eigenvalue weighted by Gasteiger charge is -2.12. The van der Waals surface area contributed by atoms with Gasteiger partial charge in [0.15, 0.2) is 0 Å². The van der Waals surface area contributed by atoms with Gasteiger partial charge < -0.3 is 5.11 Å². The summed E-state index contributed by atoms with van der Waals surface area (Å²) in [5, 5.41) is 9.93. The molecule has 0 fully saturated rings. The molecule has 1 unspecified atom stereocenters. The summed E-state index contributed by atoms with van der Waals surface area (Å²) in [5.41, 5.74) is 2.26. The quantitative estimate of drug-likeness (QED) is 0.880. The van der Waals surface area contributed by atoms with E-state index in [4.69, 9.17) is 0 Å². The monoisotopic (exact) mass is 276 g/mol. The van der Waals surface area contributed by atoms with E-state index in [9.17, 15) is 13.9 Å². The number of aliphatic hydroxyl groups excluding tert-OH is 1. The van der Waals surface area contributed by atoms with Gasteiger partial charge in [0, 0.05) is 12.0 Å². The van der Waals surface area contributed by atoms with Gasteiger partial charge in [-0.25, -0.2) is 8.78 Å². The van der Waals surface area contributed by atoms with E-state index in [-0.39, 0.29) is 12.0 Å². The van der Waals surface area contributed by atoms with E-state index in [1.165, 1.54) is 23.8 Å². The standard InChI is InChI=1S/C17H18F2O/c1-12-5-7-13(8-6-12)9-10-14(20)11-15-16(18)3-2-4-17(15)19/h2-8,14,20H,9-11H2,1H3. The maximum atomic E-state index is 13.5. The Hall–Kier alpha value is -1.74. The smallest absolute Gasteiger partial charge is 0.129 e. The molecule has 2 aromatic carbocycles. The molecule has 0 saturated carbocycles. The molecular weight excluding hydrogens is 258 g/mol. The second-order valence-corrected chi connectivity index (χ2v) is 5.08. The fraction of sp³-hybridized carbons (Fsp3) is 0.294. The zero-order valence-electron chi connectivity index (χ0n) is 11.4. The van der Waals surface area contributed by atoms with Gasteiger partial charge in [0.25, 0.3) is 0 Å². The van der Waals surface area contributed by atoms with Crippen molar-refractivity contribution >= 4 is 0 Å². The van der Waals surface area contributed by atoms with Crippen LogP contribution in [0.5, 0.6) is 0 Å². The Kier molecular flexibility index (Phi) is 4.85. The molecule has 1 N–H and O–H groups in total. The van der Waals surface area contributed by atoms with E-state index < -0.39 is 17.7 Å². The van der Waals surface area contributed by atoms with Crippen LogP contribution in [0.2, 0.25) is 0 Å².